The molecule has 0 spiro atoms. The molecule has 1 N–H and O–H groups in total. The molecule has 2 aromatic carbocycles. The lowest BCUT2D eigenvalue weighted by Gasteiger charge is -2.26. The number of nitrogens with zero attached hydrogens (tertiary/aromatic N) is 1. The van der Waals surface area contributed by atoms with Gasteiger partial charge in [0, 0.05) is 23.2 Å². The molecule has 0 aliphatic carbocycles. The molecular formula is C23H25NO2. The molecule has 0 aliphatic rings. The van der Waals surface area contributed by atoms with E-state index in [1.165, 1.54) is 17.2 Å². The van der Waals surface area contributed by atoms with Crippen molar-refractivity contribution in [3.63, 3.8) is 0 Å². The molecule has 0 aliphatic heterocycles. The van der Waals surface area contributed by atoms with Crippen molar-refractivity contribution in [3.8, 4) is 0 Å². The molecule has 3 rings (SSSR count). The number of carboxylic acids is 1. The van der Waals surface area contributed by atoms with Crippen LogP contribution in [-0.4, -0.2) is 15.6 Å². The lowest BCUT2D eigenvalue weighted by Crippen LogP contribution is -2.17. The second kappa shape index (κ2) is 7.61. The van der Waals surface area contributed by atoms with Crippen molar-refractivity contribution in [1.82, 2.24) is 4.57 Å². The number of aromatic nitrogens is 1. The molecule has 0 radical (unpaired) electrons. The van der Waals surface area contributed by atoms with E-state index in [0.717, 1.165) is 22.9 Å². The van der Waals surface area contributed by atoms with Crippen LogP contribution in [0.25, 0.3) is 16.5 Å². The number of hydrogen-bond acceptors (Lipinski definition) is 1. The third kappa shape index (κ3) is 3.57. The van der Waals surface area contributed by atoms with Gasteiger partial charge in [0.05, 0.1) is 6.04 Å². The fourth-order valence-corrected chi connectivity index (χ4v) is 3.56. The third-order valence-electron chi connectivity index (χ3n) is 5.14. The van der Waals surface area contributed by atoms with Crippen LogP contribution in [-0.2, 0) is 4.79 Å². The van der Waals surface area contributed by atoms with Crippen LogP contribution in [0.15, 0.2) is 66.9 Å². The van der Waals surface area contributed by atoms with Crippen LogP contribution in [0.5, 0.6) is 0 Å². The van der Waals surface area contributed by atoms with Gasteiger partial charge in [-0.05, 0) is 47.7 Å². The zero-order chi connectivity index (χ0) is 18.7. The van der Waals surface area contributed by atoms with Gasteiger partial charge in [0.25, 0.3) is 0 Å². The standard InChI is InChI=1S/C23H25NO2/c1-4-16(2)23(18-8-6-5-7-9-18)24-13-12-20-15-19(10-11-21(20)24)17(3)14-22(25)26/h5-16,23H,4H2,1-3H3,(H,25,26). The lowest BCUT2D eigenvalue weighted by molar-refractivity contribution is -0.131. The predicted molar refractivity (Wildman–Crippen MR) is 107 cm³/mol. The van der Waals surface area contributed by atoms with Crippen LogP contribution in [0.4, 0.5) is 0 Å². The monoisotopic (exact) mass is 347 g/mol. The largest absolute Gasteiger partial charge is 0.478 e. The highest BCUT2D eigenvalue weighted by atomic mass is 16.4. The molecule has 0 amide bonds. The first kappa shape index (κ1) is 18.0. The summed E-state index contributed by atoms with van der Waals surface area (Å²) in [7, 11) is 0. The average Bonchev–Trinajstić information content (AvgIpc) is 3.05. The molecule has 2 atom stereocenters. The highest BCUT2D eigenvalue weighted by Crippen LogP contribution is 2.33. The summed E-state index contributed by atoms with van der Waals surface area (Å²) in [6, 6.07) is 19.2. The normalized spacial score (nSPS) is 14.3. The molecule has 0 saturated heterocycles. The minimum Gasteiger partial charge on any atom is -0.478 e. The maximum atomic E-state index is 10.9. The van der Waals surface area contributed by atoms with E-state index < -0.39 is 5.97 Å². The Bertz CT molecular complexity index is 937. The molecule has 0 saturated carbocycles. The number of carboxylic acid groups (broad SMARTS) is 1. The fourth-order valence-electron chi connectivity index (χ4n) is 3.56. The molecule has 134 valence electrons. The van der Waals surface area contributed by atoms with Crippen molar-refractivity contribution in [2.75, 3.05) is 0 Å². The number of aliphatic carboxylic acids is 1. The van der Waals surface area contributed by atoms with Gasteiger partial charge in [0.1, 0.15) is 0 Å². The van der Waals surface area contributed by atoms with Crippen molar-refractivity contribution in [1.29, 1.82) is 0 Å². The summed E-state index contributed by atoms with van der Waals surface area (Å²) in [6.45, 7) is 6.35. The smallest absolute Gasteiger partial charge is 0.328 e. The molecule has 0 bridgehead atoms. The second-order valence-corrected chi connectivity index (χ2v) is 6.90. The van der Waals surface area contributed by atoms with Crippen molar-refractivity contribution in [2.45, 2.75) is 33.2 Å². The van der Waals surface area contributed by atoms with E-state index in [9.17, 15) is 4.79 Å². The average molecular weight is 347 g/mol. The van der Waals surface area contributed by atoms with Gasteiger partial charge in [-0.25, -0.2) is 4.79 Å². The topological polar surface area (TPSA) is 42.2 Å². The van der Waals surface area contributed by atoms with Crippen LogP contribution in [0, 0.1) is 5.92 Å². The summed E-state index contributed by atoms with van der Waals surface area (Å²) in [4.78, 5) is 10.9. The number of allylic oxidation sites excluding steroid dienone is 1. The first-order valence-corrected chi connectivity index (χ1v) is 9.08. The summed E-state index contributed by atoms with van der Waals surface area (Å²) in [5.74, 6) is -0.414. The lowest BCUT2D eigenvalue weighted by atomic mass is 9.92. The van der Waals surface area contributed by atoms with Crippen LogP contribution < -0.4 is 0 Å². The van der Waals surface area contributed by atoms with E-state index >= 15 is 0 Å². The Morgan fingerprint density at radius 3 is 2.54 bits per heavy atom. The summed E-state index contributed by atoms with van der Waals surface area (Å²) in [6.07, 6.45) is 4.50. The van der Waals surface area contributed by atoms with Gasteiger partial charge in [0.2, 0.25) is 0 Å². The Labute approximate surface area is 154 Å². The summed E-state index contributed by atoms with van der Waals surface area (Å²) >= 11 is 0. The molecular weight excluding hydrogens is 322 g/mol. The van der Waals surface area contributed by atoms with Crippen LogP contribution in [0.1, 0.15) is 44.4 Å². The number of fused-ring (bicyclic) bond motifs is 1. The van der Waals surface area contributed by atoms with Crippen molar-refractivity contribution in [2.24, 2.45) is 5.92 Å². The predicted octanol–water partition coefficient (Wildman–Crippen LogP) is 5.76. The molecule has 3 heteroatoms. The van der Waals surface area contributed by atoms with Gasteiger partial charge in [-0.15, -0.1) is 0 Å². The molecule has 1 heterocycles. The third-order valence-corrected chi connectivity index (χ3v) is 5.14. The minimum atomic E-state index is -0.916. The van der Waals surface area contributed by atoms with E-state index in [1.54, 1.807) is 0 Å². The minimum absolute atomic E-state index is 0.278. The zero-order valence-electron chi connectivity index (χ0n) is 15.5. The van der Waals surface area contributed by atoms with Crippen LogP contribution >= 0.6 is 0 Å². The Morgan fingerprint density at radius 1 is 1.15 bits per heavy atom. The Kier molecular flexibility index (Phi) is 5.27. The molecule has 3 aromatic rings. The van der Waals surface area contributed by atoms with Gasteiger partial charge in [-0.2, -0.15) is 0 Å². The van der Waals surface area contributed by atoms with E-state index in [4.69, 9.17) is 5.11 Å². The highest BCUT2D eigenvalue weighted by molar-refractivity contribution is 5.92. The SMILES string of the molecule is CCC(C)C(c1ccccc1)n1ccc2cc(C(C)=CC(=O)O)ccc21. The first-order valence-electron chi connectivity index (χ1n) is 9.08. The quantitative estimate of drug-likeness (QED) is 0.576. The summed E-state index contributed by atoms with van der Waals surface area (Å²) < 4.78 is 2.35. The van der Waals surface area contributed by atoms with Gasteiger partial charge in [0.15, 0.2) is 0 Å². The van der Waals surface area contributed by atoms with Gasteiger partial charge < -0.3 is 9.67 Å². The maximum Gasteiger partial charge on any atom is 0.328 e. The zero-order valence-corrected chi connectivity index (χ0v) is 15.5. The first-order chi connectivity index (χ1) is 12.5. The molecule has 2 unspecified atom stereocenters. The molecule has 1 aromatic heterocycles. The number of carbonyl (C=O) groups is 1. The fraction of sp³-hybridized carbons (Fsp3) is 0.261. The second-order valence-electron chi connectivity index (χ2n) is 6.90. The Hall–Kier alpha value is -2.81. The van der Waals surface area contributed by atoms with Crippen LogP contribution in [0.3, 0.4) is 0 Å². The van der Waals surface area contributed by atoms with E-state index in [2.05, 4.69) is 73.1 Å². The Morgan fingerprint density at radius 2 is 1.88 bits per heavy atom. The molecule has 0 fully saturated rings. The van der Waals surface area contributed by atoms with Gasteiger partial charge in [-0.1, -0.05) is 56.7 Å². The van der Waals surface area contributed by atoms with E-state index in [-0.39, 0.29) is 6.04 Å². The van der Waals surface area contributed by atoms with Crippen LogP contribution in [0.2, 0.25) is 0 Å². The van der Waals surface area contributed by atoms with E-state index in [0.29, 0.717) is 5.92 Å². The summed E-state index contributed by atoms with van der Waals surface area (Å²) in [5.41, 5.74) is 4.18. The van der Waals surface area contributed by atoms with E-state index in [1.807, 2.05) is 13.0 Å². The number of benzene rings is 2. The highest BCUT2D eigenvalue weighted by Gasteiger charge is 2.21. The molecule has 3 nitrogen and oxygen atoms in total. The van der Waals surface area contributed by atoms with Crippen molar-refractivity contribution in [3.05, 3.63) is 78.0 Å². The van der Waals surface area contributed by atoms with Gasteiger partial charge in [-0.3, -0.25) is 0 Å². The van der Waals surface area contributed by atoms with Crippen molar-refractivity contribution < 1.29 is 9.90 Å². The number of rotatable bonds is 6. The van der Waals surface area contributed by atoms with Gasteiger partial charge >= 0.3 is 5.97 Å². The summed E-state index contributed by atoms with van der Waals surface area (Å²) in [5, 5.41) is 10.1. The Balaban J connectivity index is 2.08. The maximum absolute atomic E-state index is 10.9. The molecule has 26 heavy (non-hydrogen) atoms. The number of hydrogen-bond donors (Lipinski definition) is 1. The van der Waals surface area contributed by atoms with Crippen molar-refractivity contribution >= 4 is 22.4 Å².